The minimum Gasteiger partial charge on any atom is -0.417 e. The second kappa shape index (κ2) is 6.51. The van der Waals surface area contributed by atoms with E-state index >= 15 is 0 Å². The quantitative estimate of drug-likeness (QED) is 0.612. The SMILES string of the molecule is POC/C=C\COP1Oc2cccc3cccc(c23)O1. The van der Waals surface area contributed by atoms with Gasteiger partial charge in [-0.05, 0) is 17.5 Å². The molecule has 6 heteroatoms. The highest BCUT2D eigenvalue weighted by atomic mass is 31.2. The number of rotatable bonds is 5. The molecule has 0 aromatic heterocycles. The number of benzene rings is 2. The van der Waals surface area contributed by atoms with Gasteiger partial charge in [0.05, 0.1) is 18.6 Å². The first-order valence-electron chi connectivity index (χ1n) is 6.16. The van der Waals surface area contributed by atoms with Gasteiger partial charge in [-0.25, -0.2) is 0 Å². The summed E-state index contributed by atoms with van der Waals surface area (Å²) in [4.78, 5) is 0. The van der Waals surface area contributed by atoms with E-state index in [1.54, 1.807) is 0 Å². The molecule has 0 N–H and O–H groups in total. The Morgan fingerprint density at radius 3 is 2.30 bits per heavy atom. The van der Waals surface area contributed by atoms with Crippen LogP contribution in [0.3, 0.4) is 0 Å². The predicted molar refractivity (Wildman–Crippen MR) is 82.9 cm³/mol. The molecule has 1 unspecified atom stereocenters. The molecule has 0 spiro atoms. The van der Waals surface area contributed by atoms with Gasteiger partial charge in [0.1, 0.15) is 11.5 Å². The van der Waals surface area contributed by atoms with Crippen LogP contribution in [0.4, 0.5) is 0 Å². The minimum absolute atomic E-state index is 0.428. The first-order valence-corrected chi connectivity index (χ1v) is 7.72. The van der Waals surface area contributed by atoms with Crippen molar-refractivity contribution in [3.63, 3.8) is 0 Å². The van der Waals surface area contributed by atoms with Gasteiger partial charge >= 0.3 is 8.60 Å². The lowest BCUT2D eigenvalue weighted by atomic mass is 10.1. The van der Waals surface area contributed by atoms with Gasteiger partial charge < -0.3 is 13.6 Å². The zero-order valence-corrected chi connectivity index (χ0v) is 12.7. The zero-order valence-electron chi connectivity index (χ0n) is 10.7. The third kappa shape index (κ3) is 2.94. The third-order valence-corrected chi connectivity index (χ3v) is 4.05. The third-order valence-electron chi connectivity index (χ3n) is 2.81. The second-order valence-electron chi connectivity index (χ2n) is 4.12. The summed E-state index contributed by atoms with van der Waals surface area (Å²) in [6, 6.07) is 11.9. The topological polar surface area (TPSA) is 36.9 Å². The van der Waals surface area contributed by atoms with Crippen LogP contribution in [0.5, 0.6) is 11.5 Å². The molecule has 1 atom stereocenters. The highest BCUT2D eigenvalue weighted by Gasteiger charge is 2.25. The van der Waals surface area contributed by atoms with Crippen LogP contribution in [0.25, 0.3) is 10.8 Å². The number of hydrogen-bond acceptors (Lipinski definition) is 4. The standard InChI is InChI=1S/C14H14O4P2/c19-15-9-1-2-10-16-20-17-12-7-3-5-11-6-4-8-13(18-20)14(11)12/h1-8H,9-10,19H2/b2-1-. The molecule has 0 radical (unpaired) electrons. The van der Waals surface area contributed by atoms with E-state index < -0.39 is 8.60 Å². The van der Waals surface area contributed by atoms with Crippen molar-refractivity contribution in [2.24, 2.45) is 0 Å². The summed E-state index contributed by atoms with van der Waals surface area (Å²) in [5, 5.41) is 2.11. The van der Waals surface area contributed by atoms with Crippen molar-refractivity contribution in [2.45, 2.75) is 0 Å². The molecule has 1 aliphatic heterocycles. The number of hydrogen-bond donors (Lipinski definition) is 0. The molecule has 1 aliphatic rings. The molecule has 20 heavy (non-hydrogen) atoms. The maximum Gasteiger partial charge on any atom is 0.463 e. The van der Waals surface area contributed by atoms with Gasteiger partial charge in [0.2, 0.25) is 0 Å². The fourth-order valence-corrected chi connectivity index (χ4v) is 3.04. The van der Waals surface area contributed by atoms with Crippen molar-refractivity contribution in [2.75, 3.05) is 13.2 Å². The molecule has 0 saturated carbocycles. The molecule has 2 aromatic rings. The van der Waals surface area contributed by atoms with Crippen LogP contribution in [0.1, 0.15) is 0 Å². The van der Waals surface area contributed by atoms with Crippen LogP contribution < -0.4 is 9.05 Å². The van der Waals surface area contributed by atoms with E-state index in [1.165, 1.54) is 0 Å². The summed E-state index contributed by atoms with van der Waals surface area (Å²) in [7, 11) is 0.794. The molecule has 3 rings (SSSR count). The smallest absolute Gasteiger partial charge is 0.417 e. The largest absolute Gasteiger partial charge is 0.463 e. The van der Waals surface area contributed by atoms with Gasteiger partial charge in [-0.1, -0.05) is 36.4 Å². The van der Waals surface area contributed by atoms with Gasteiger partial charge in [-0.3, -0.25) is 4.52 Å². The average Bonchev–Trinajstić information content (AvgIpc) is 2.48. The average molecular weight is 308 g/mol. The molecule has 1 heterocycles. The molecule has 104 valence electrons. The summed E-state index contributed by atoms with van der Waals surface area (Å²) >= 11 is 0. The van der Waals surface area contributed by atoms with E-state index in [0.29, 0.717) is 13.2 Å². The van der Waals surface area contributed by atoms with Gasteiger partial charge in [0.25, 0.3) is 0 Å². The summed E-state index contributed by atoms with van der Waals surface area (Å²) in [5.41, 5.74) is 0. The van der Waals surface area contributed by atoms with Crippen molar-refractivity contribution in [3.05, 3.63) is 48.6 Å². The fraction of sp³-hybridized carbons (Fsp3) is 0.143. The summed E-state index contributed by atoms with van der Waals surface area (Å²) in [6.07, 6.45) is 3.75. The van der Waals surface area contributed by atoms with Crippen molar-refractivity contribution in [1.82, 2.24) is 0 Å². The molecular formula is C14H14O4P2. The highest BCUT2D eigenvalue weighted by molar-refractivity contribution is 7.42. The van der Waals surface area contributed by atoms with Gasteiger partial charge in [-0.2, -0.15) is 0 Å². The summed E-state index contributed by atoms with van der Waals surface area (Å²) in [6.45, 7) is 0.966. The first kappa shape index (κ1) is 13.8. The second-order valence-corrected chi connectivity index (χ2v) is 5.52. The molecule has 4 nitrogen and oxygen atoms in total. The van der Waals surface area contributed by atoms with Crippen molar-refractivity contribution in [3.8, 4) is 11.5 Å². The molecule has 2 aromatic carbocycles. The first-order chi connectivity index (χ1) is 9.88. The van der Waals surface area contributed by atoms with E-state index in [9.17, 15) is 0 Å². The lowest BCUT2D eigenvalue weighted by molar-refractivity contribution is 0.289. The Kier molecular flexibility index (Phi) is 4.49. The Hall–Kier alpha value is -1.18. The van der Waals surface area contributed by atoms with Crippen LogP contribution in [0.2, 0.25) is 0 Å². The van der Waals surface area contributed by atoms with E-state index in [1.807, 2.05) is 48.6 Å². The summed E-state index contributed by atoms with van der Waals surface area (Å²) in [5.74, 6) is 1.63. The highest BCUT2D eigenvalue weighted by Crippen LogP contribution is 2.51. The predicted octanol–water partition coefficient (Wildman–Crippen LogP) is 4.22. The lowest BCUT2D eigenvalue weighted by Gasteiger charge is -2.23. The lowest BCUT2D eigenvalue weighted by Crippen LogP contribution is -2.05. The Bertz CT molecular complexity index is 589. The monoisotopic (exact) mass is 308 g/mol. The van der Waals surface area contributed by atoms with Crippen LogP contribution >= 0.6 is 18.1 Å². The molecular weight excluding hydrogens is 294 g/mol. The van der Waals surface area contributed by atoms with E-state index in [2.05, 4.69) is 9.47 Å². The van der Waals surface area contributed by atoms with Crippen LogP contribution in [0, 0.1) is 0 Å². The van der Waals surface area contributed by atoms with Crippen molar-refractivity contribution >= 4 is 28.8 Å². The minimum atomic E-state index is -1.40. The van der Waals surface area contributed by atoms with Crippen molar-refractivity contribution < 1.29 is 18.1 Å². The van der Waals surface area contributed by atoms with Crippen LogP contribution in [-0.4, -0.2) is 13.2 Å². The Morgan fingerprint density at radius 2 is 1.65 bits per heavy atom. The molecule has 0 amide bonds. The molecule has 0 bridgehead atoms. The molecule has 0 fully saturated rings. The Balaban J connectivity index is 1.71. The van der Waals surface area contributed by atoms with Crippen molar-refractivity contribution in [1.29, 1.82) is 0 Å². The maximum atomic E-state index is 5.76. The van der Waals surface area contributed by atoms with Gasteiger partial charge in [0, 0.05) is 9.47 Å². The Morgan fingerprint density at radius 1 is 1.00 bits per heavy atom. The van der Waals surface area contributed by atoms with E-state index in [4.69, 9.17) is 18.1 Å². The normalized spacial score (nSPS) is 14.4. The van der Waals surface area contributed by atoms with Gasteiger partial charge in [0.15, 0.2) is 0 Å². The van der Waals surface area contributed by atoms with Crippen LogP contribution in [-0.2, 0) is 9.05 Å². The summed E-state index contributed by atoms with van der Waals surface area (Å²) < 4.78 is 21.9. The van der Waals surface area contributed by atoms with Crippen LogP contribution in [0.15, 0.2) is 48.6 Å². The fourth-order valence-electron chi connectivity index (χ4n) is 1.95. The van der Waals surface area contributed by atoms with E-state index in [-0.39, 0.29) is 0 Å². The molecule has 0 saturated heterocycles. The zero-order chi connectivity index (χ0) is 13.8. The Labute approximate surface area is 121 Å². The maximum absolute atomic E-state index is 5.76. The van der Waals surface area contributed by atoms with Gasteiger partial charge in [-0.15, -0.1) is 0 Å². The van der Waals surface area contributed by atoms with E-state index in [0.717, 1.165) is 22.3 Å². The molecule has 0 aliphatic carbocycles.